The van der Waals surface area contributed by atoms with Crippen LogP contribution in [0.25, 0.3) is 5.78 Å². The predicted octanol–water partition coefficient (Wildman–Crippen LogP) is 2.93. The van der Waals surface area contributed by atoms with Gasteiger partial charge in [0, 0.05) is 44.5 Å². The van der Waals surface area contributed by atoms with Crippen LogP contribution >= 0.6 is 0 Å². The number of nitrogens with zero attached hydrogens (tertiary/aromatic N) is 6. The van der Waals surface area contributed by atoms with Gasteiger partial charge in [0.2, 0.25) is 0 Å². The van der Waals surface area contributed by atoms with Crippen LogP contribution in [-0.4, -0.2) is 50.7 Å². The molecule has 2 aromatic heterocycles. The molecule has 142 valence electrons. The highest BCUT2D eigenvalue weighted by molar-refractivity contribution is 5.48. The molecule has 0 aliphatic carbocycles. The second-order valence-corrected chi connectivity index (χ2v) is 7.57. The van der Waals surface area contributed by atoms with Gasteiger partial charge < -0.3 is 4.90 Å². The summed E-state index contributed by atoms with van der Waals surface area (Å²) in [5.74, 6) is 1.80. The Kier molecular flexibility index (Phi) is 4.83. The van der Waals surface area contributed by atoms with E-state index in [1.165, 1.54) is 22.3 Å². The maximum Gasteiger partial charge on any atom is 0.254 e. The third-order valence-electron chi connectivity index (χ3n) is 5.57. The second kappa shape index (κ2) is 7.27. The Morgan fingerprint density at radius 3 is 2.33 bits per heavy atom. The van der Waals surface area contributed by atoms with Gasteiger partial charge in [0.25, 0.3) is 5.78 Å². The predicted molar refractivity (Wildman–Crippen MR) is 108 cm³/mol. The lowest BCUT2D eigenvalue weighted by atomic mass is 9.99. The smallest absolute Gasteiger partial charge is 0.254 e. The van der Waals surface area contributed by atoms with Crippen LogP contribution in [0.1, 0.15) is 34.9 Å². The van der Waals surface area contributed by atoms with Gasteiger partial charge in [0.15, 0.2) is 0 Å². The number of anilines is 1. The Morgan fingerprint density at radius 2 is 1.67 bits per heavy atom. The summed E-state index contributed by atoms with van der Waals surface area (Å²) < 4.78 is 1.86. The van der Waals surface area contributed by atoms with E-state index in [1.807, 2.05) is 4.52 Å². The molecule has 0 spiro atoms. The summed E-state index contributed by atoms with van der Waals surface area (Å²) in [6, 6.07) is 6.75. The Morgan fingerprint density at radius 1 is 0.963 bits per heavy atom. The standard InChI is InChI=1S/C21H28N6/c1-5-18-12-20(27-21(24-18)22-14-23-27)26-8-6-25(7-9-26)13-19-16(3)10-15(2)11-17(19)4/h10-12,14H,5-9,13H2,1-4H3. The zero-order chi connectivity index (χ0) is 19.0. The van der Waals surface area contributed by atoms with Gasteiger partial charge in [-0.15, -0.1) is 0 Å². The number of piperazine rings is 1. The molecule has 1 aliphatic rings. The van der Waals surface area contributed by atoms with Gasteiger partial charge in [-0.3, -0.25) is 4.90 Å². The first-order valence-corrected chi connectivity index (χ1v) is 9.79. The van der Waals surface area contributed by atoms with E-state index in [0.717, 1.165) is 50.7 Å². The zero-order valence-corrected chi connectivity index (χ0v) is 16.7. The second-order valence-electron chi connectivity index (χ2n) is 7.57. The molecular weight excluding hydrogens is 336 g/mol. The van der Waals surface area contributed by atoms with Gasteiger partial charge in [-0.25, -0.2) is 4.98 Å². The van der Waals surface area contributed by atoms with Crippen molar-refractivity contribution in [2.24, 2.45) is 0 Å². The van der Waals surface area contributed by atoms with Gasteiger partial charge in [0.05, 0.1) is 0 Å². The van der Waals surface area contributed by atoms with Gasteiger partial charge in [-0.2, -0.15) is 14.6 Å². The summed E-state index contributed by atoms with van der Waals surface area (Å²) in [5.41, 5.74) is 6.70. The first-order valence-electron chi connectivity index (χ1n) is 9.79. The fourth-order valence-corrected chi connectivity index (χ4v) is 4.07. The lowest BCUT2D eigenvalue weighted by molar-refractivity contribution is 0.248. The lowest BCUT2D eigenvalue weighted by Crippen LogP contribution is -2.46. The quantitative estimate of drug-likeness (QED) is 0.712. The van der Waals surface area contributed by atoms with Crippen molar-refractivity contribution < 1.29 is 0 Å². The highest BCUT2D eigenvalue weighted by Crippen LogP contribution is 2.22. The summed E-state index contributed by atoms with van der Waals surface area (Å²) in [4.78, 5) is 13.8. The van der Waals surface area contributed by atoms with E-state index in [9.17, 15) is 0 Å². The molecule has 0 radical (unpaired) electrons. The molecule has 0 amide bonds. The minimum Gasteiger partial charge on any atom is -0.354 e. The average molecular weight is 364 g/mol. The Bertz CT molecular complexity index is 929. The molecule has 6 nitrogen and oxygen atoms in total. The third kappa shape index (κ3) is 3.54. The SMILES string of the molecule is CCc1cc(N2CCN(Cc3c(C)cc(C)cc3C)CC2)n2ncnc2n1. The van der Waals surface area contributed by atoms with Crippen LogP contribution in [0.4, 0.5) is 5.82 Å². The first-order chi connectivity index (χ1) is 13.0. The average Bonchev–Trinajstić information content (AvgIpc) is 3.13. The molecule has 1 aromatic carbocycles. The largest absolute Gasteiger partial charge is 0.354 e. The number of rotatable bonds is 4. The van der Waals surface area contributed by atoms with Crippen molar-refractivity contribution in [3.63, 3.8) is 0 Å². The molecule has 0 unspecified atom stereocenters. The summed E-state index contributed by atoms with van der Waals surface area (Å²) >= 11 is 0. The molecule has 6 heteroatoms. The molecule has 0 atom stereocenters. The molecule has 0 N–H and O–H groups in total. The molecule has 4 rings (SSSR count). The van der Waals surface area contributed by atoms with Crippen molar-refractivity contribution in [2.75, 3.05) is 31.1 Å². The van der Waals surface area contributed by atoms with Crippen LogP contribution in [0.2, 0.25) is 0 Å². The summed E-state index contributed by atoms with van der Waals surface area (Å²) in [5, 5.41) is 4.38. The van der Waals surface area contributed by atoms with Gasteiger partial charge in [-0.05, 0) is 43.9 Å². The van der Waals surface area contributed by atoms with E-state index in [4.69, 9.17) is 0 Å². The Balaban J connectivity index is 1.49. The maximum absolute atomic E-state index is 4.56. The minimum atomic E-state index is 0.692. The highest BCUT2D eigenvalue weighted by Gasteiger charge is 2.21. The van der Waals surface area contributed by atoms with Crippen LogP contribution in [0, 0.1) is 20.8 Å². The Hall–Kier alpha value is -2.47. The molecule has 0 bridgehead atoms. The van der Waals surface area contributed by atoms with E-state index in [0.29, 0.717) is 5.78 Å². The molecule has 1 fully saturated rings. The highest BCUT2D eigenvalue weighted by atomic mass is 15.4. The van der Waals surface area contributed by atoms with Crippen LogP contribution < -0.4 is 4.90 Å². The van der Waals surface area contributed by atoms with Crippen molar-refractivity contribution in [3.8, 4) is 0 Å². The summed E-state index contributed by atoms with van der Waals surface area (Å²) in [6.07, 6.45) is 2.49. The number of hydrogen-bond donors (Lipinski definition) is 0. The number of hydrogen-bond acceptors (Lipinski definition) is 5. The van der Waals surface area contributed by atoms with E-state index in [-0.39, 0.29) is 0 Å². The maximum atomic E-state index is 4.56. The van der Waals surface area contributed by atoms with Crippen LogP contribution in [-0.2, 0) is 13.0 Å². The van der Waals surface area contributed by atoms with Crippen molar-refractivity contribution in [3.05, 3.63) is 52.5 Å². The van der Waals surface area contributed by atoms with E-state index >= 15 is 0 Å². The normalized spacial score (nSPS) is 15.6. The lowest BCUT2D eigenvalue weighted by Gasteiger charge is -2.36. The molecule has 3 aromatic rings. The van der Waals surface area contributed by atoms with Crippen LogP contribution in [0.3, 0.4) is 0 Å². The van der Waals surface area contributed by atoms with Crippen molar-refractivity contribution in [1.29, 1.82) is 0 Å². The molecule has 1 aliphatic heterocycles. The van der Waals surface area contributed by atoms with Crippen LogP contribution in [0.15, 0.2) is 24.5 Å². The van der Waals surface area contributed by atoms with Crippen molar-refractivity contribution >= 4 is 11.6 Å². The molecule has 3 heterocycles. The zero-order valence-electron chi connectivity index (χ0n) is 16.7. The fourth-order valence-electron chi connectivity index (χ4n) is 4.07. The van der Waals surface area contributed by atoms with Gasteiger partial charge in [-0.1, -0.05) is 24.6 Å². The number of benzene rings is 1. The fraction of sp³-hybridized carbons (Fsp3) is 0.476. The van der Waals surface area contributed by atoms with E-state index in [2.05, 4.69) is 70.8 Å². The summed E-state index contributed by atoms with van der Waals surface area (Å²) in [7, 11) is 0. The number of aryl methyl sites for hydroxylation is 4. The van der Waals surface area contributed by atoms with Crippen molar-refractivity contribution in [2.45, 2.75) is 40.7 Å². The number of fused-ring (bicyclic) bond motifs is 1. The molecule has 27 heavy (non-hydrogen) atoms. The first kappa shape index (κ1) is 17.9. The van der Waals surface area contributed by atoms with E-state index in [1.54, 1.807) is 6.33 Å². The van der Waals surface area contributed by atoms with E-state index < -0.39 is 0 Å². The Labute approximate surface area is 160 Å². The van der Waals surface area contributed by atoms with Gasteiger partial charge in [0.1, 0.15) is 12.1 Å². The molecular formula is C21H28N6. The van der Waals surface area contributed by atoms with Gasteiger partial charge >= 0.3 is 0 Å². The van der Waals surface area contributed by atoms with Crippen molar-refractivity contribution in [1.82, 2.24) is 24.5 Å². The third-order valence-corrected chi connectivity index (χ3v) is 5.57. The molecule has 0 saturated carbocycles. The topological polar surface area (TPSA) is 49.6 Å². The minimum absolute atomic E-state index is 0.692. The van der Waals surface area contributed by atoms with Crippen LogP contribution in [0.5, 0.6) is 0 Å². The summed E-state index contributed by atoms with van der Waals surface area (Å²) in [6.45, 7) is 13.9. The number of aromatic nitrogens is 4. The molecule has 1 saturated heterocycles. The monoisotopic (exact) mass is 364 g/mol.